The number of carbonyl (C=O) groups is 3. The molecule has 3 amide bonds. The number of hydrogen-bond acceptors (Lipinski definition) is 7. The molecule has 0 aromatic heterocycles. The predicted molar refractivity (Wildman–Crippen MR) is 105 cm³/mol. The Morgan fingerprint density at radius 3 is 2.38 bits per heavy atom. The van der Waals surface area contributed by atoms with Crippen LogP contribution >= 0.6 is 11.8 Å². The van der Waals surface area contributed by atoms with Gasteiger partial charge in [-0.25, -0.2) is 8.42 Å². The third-order valence-electron chi connectivity index (χ3n) is 5.31. The highest BCUT2D eigenvalue weighted by atomic mass is 32.2. The number of hydrogen-bond donors (Lipinski definition) is 0. The van der Waals surface area contributed by atoms with Crippen molar-refractivity contribution in [3.05, 3.63) is 29.8 Å². The van der Waals surface area contributed by atoms with Gasteiger partial charge in [0.2, 0.25) is 15.9 Å². The van der Waals surface area contributed by atoms with Gasteiger partial charge in [0.15, 0.2) is 0 Å². The third kappa shape index (κ3) is 3.91. The van der Waals surface area contributed by atoms with E-state index in [-0.39, 0.29) is 33.7 Å². The van der Waals surface area contributed by atoms with Crippen molar-refractivity contribution < 1.29 is 27.5 Å². The second kappa shape index (κ2) is 8.05. The van der Waals surface area contributed by atoms with Crippen LogP contribution in [0.5, 0.6) is 0 Å². The molecule has 3 fully saturated rings. The van der Waals surface area contributed by atoms with E-state index >= 15 is 0 Å². The largest absolute Gasteiger partial charge is 0.379 e. The van der Waals surface area contributed by atoms with Gasteiger partial charge in [-0.3, -0.25) is 19.3 Å². The Morgan fingerprint density at radius 2 is 1.76 bits per heavy atom. The van der Waals surface area contributed by atoms with Gasteiger partial charge in [-0.2, -0.15) is 4.31 Å². The number of amides is 3. The van der Waals surface area contributed by atoms with E-state index in [1.54, 1.807) is 4.90 Å². The van der Waals surface area contributed by atoms with E-state index in [0.717, 1.165) is 11.8 Å². The number of imide groups is 1. The normalized spacial score (nSPS) is 23.8. The lowest BCUT2D eigenvalue weighted by Crippen LogP contribution is -2.41. The van der Waals surface area contributed by atoms with Crippen LogP contribution in [0.3, 0.4) is 0 Å². The fourth-order valence-corrected chi connectivity index (χ4v) is 5.93. The van der Waals surface area contributed by atoms with Gasteiger partial charge in [0.05, 0.1) is 29.9 Å². The van der Waals surface area contributed by atoms with Crippen molar-refractivity contribution in [2.75, 3.05) is 45.1 Å². The highest BCUT2D eigenvalue weighted by molar-refractivity contribution is 8.14. The van der Waals surface area contributed by atoms with Crippen LogP contribution in [0.25, 0.3) is 0 Å². The summed E-state index contributed by atoms with van der Waals surface area (Å²) in [5, 5.41) is -0.257. The molecule has 0 bridgehead atoms. The van der Waals surface area contributed by atoms with Crippen LogP contribution in [0.15, 0.2) is 29.2 Å². The zero-order valence-corrected chi connectivity index (χ0v) is 17.3. The van der Waals surface area contributed by atoms with E-state index in [4.69, 9.17) is 4.74 Å². The SMILES string of the molecule is O=C(c1ccc(S(=O)(=O)N2CCOCC2)cc1)N1CCC(N2C(=O)CSC2=O)C1. The molecular weight excluding hydrogens is 418 g/mol. The number of morpholine rings is 1. The molecule has 0 saturated carbocycles. The van der Waals surface area contributed by atoms with Gasteiger partial charge < -0.3 is 9.64 Å². The quantitative estimate of drug-likeness (QED) is 0.677. The van der Waals surface area contributed by atoms with Crippen LogP contribution in [0.1, 0.15) is 16.8 Å². The van der Waals surface area contributed by atoms with Crippen LogP contribution in [0, 0.1) is 0 Å². The van der Waals surface area contributed by atoms with Crippen molar-refractivity contribution in [1.82, 2.24) is 14.1 Å². The molecule has 1 aromatic rings. The van der Waals surface area contributed by atoms with E-state index in [2.05, 4.69) is 0 Å². The molecule has 4 rings (SSSR count). The maximum atomic E-state index is 12.8. The van der Waals surface area contributed by atoms with Crippen LogP contribution in [-0.4, -0.2) is 90.8 Å². The second-order valence-electron chi connectivity index (χ2n) is 7.05. The van der Waals surface area contributed by atoms with Gasteiger partial charge in [-0.15, -0.1) is 0 Å². The van der Waals surface area contributed by atoms with Crippen molar-refractivity contribution in [2.45, 2.75) is 17.4 Å². The number of rotatable bonds is 4. The Labute approximate surface area is 173 Å². The summed E-state index contributed by atoms with van der Waals surface area (Å²) in [5.74, 6) is -0.297. The Kier molecular flexibility index (Phi) is 5.65. The lowest BCUT2D eigenvalue weighted by molar-refractivity contribution is -0.126. The van der Waals surface area contributed by atoms with Gasteiger partial charge in [-0.05, 0) is 30.7 Å². The smallest absolute Gasteiger partial charge is 0.289 e. The lowest BCUT2D eigenvalue weighted by Gasteiger charge is -2.26. The Morgan fingerprint density at radius 1 is 1.07 bits per heavy atom. The van der Waals surface area contributed by atoms with E-state index in [0.29, 0.717) is 51.4 Å². The molecule has 3 saturated heterocycles. The monoisotopic (exact) mass is 439 g/mol. The van der Waals surface area contributed by atoms with E-state index < -0.39 is 10.0 Å². The fraction of sp³-hybridized carbons (Fsp3) is 0.500. The lowest BCUT2D eigenvalue weighted by atomic mass is 10.2. The molecule has 11 heteroatoms. The van der Waals surface area contributed by atoms with Gasteiger partial charge in [0.25, 0.3) is 11.1 Å². The summed E-state index contributed by atoms with van der Waals surface area (Å²) in [6.45, 7) is 2.09. The molecule has 3 aliphatic rings. The van der Waals surface area contributed by atoms with Crippen molar-refractivity contribution in [2.24, 2.45) is 0 Å². The summed E-state index contributed by atoms with van der Waals surface area (Å²) in [6, 6.07) is 5.59. The first-order valence-corrected chi connectivity index (χ1v) is 11.8. The zero-order valence-electron chi connectivity index (χ0n) is 15.7. The molecule has 1 aromatic carbocycles. The molecule has 3 heterocycles. The minimum atomic E-state index is -3.61. The van der Waals surface area contributed by atoms with E-state index in [1.807, 2.05) is 0 Å². The van der Waals surface area contributed by atoms with Gasteiger partial charge >= 0.3 is 0 Å². The maximum Gasteiger partial charge on any atom is 0.289 e. The summed E-state index contributed by atoms with van der Waals surface area (Å²) in [7, 11) is -3.61. The number of likely N-dealkylation sites (tertiary alicyclic amines) is 1. The minimum Gasteiger partial charge on any atom is -0.379 e. The number of nitrogens with zero attached hydrogens (tertiary/aromatic N) is 3. The molecule has 3 aliphatic heterocycles. The minimum absolute atomic E-state index is 0.139. The Bertz CT molecular complexity index is 911. The molecular formula is C18H21N3O6S2. The molecule has 29 heavy (non-hydrogen) atoms. The number of ether oxygens (including phenoxy) is 1. The first kappa shape index (κ1) is 20.3. The number of sulfonamides is 1. The van der Waals surface area contributed by atoms with Crippen molar-refractivity contribution in [3.8, 4) is 0 Å². The first-order chi connectivity index (χ1) is 13.9. The van der Waals surface area contributed by atoms with Gasteiger partial charge in [-0.1, -0.05) is 11.8 Å². The average Bonchev–Trinajstić information content (AvgIpc) is 3.34. The number of benzene rings is 1. The molecule has 0 N–H and O–H groups in total. The van der Waals surface area contributed by atoms with Crippen molar-refractivity contribution in [1.29, 1.82) is 0 Å². The molecule has 1 unspecified atom stereocenters. The summed E-state index contributed by atoms with van der Waals surface area (Å²) < 4.78 is 31.9. The fourth-order valence-electron chi connectivity index (χ4n) is 3.74. The third-order valence-corrected chi connectivity index (χ3v) is 8.06. The maximum absolute atomic E-state index is 12.8. The van der Waals surface area contributed by atoms with Crippen molar-refractivity contribution >= 4 is 38.8 Å². The van der Waals surface area contributed by atoms with Crippen LogP contribution in [0.2, 0.25) is 0 Å². The highest BCUT2D eigenvalue weighted by Gasteiger charge is 2.40. The molecule has 1 atom stereocenters. The van der Waals surface area contributed by atoms with E-state index in [9.17, 15) is 22.8 Å². The topological polar surface area (TPSA) is 104 Å². The number of carbonyl (C=O) groups excluding carboxylic acids is 3. The molecule has 0 aliphatic carbocycles. The van der Waals surface area contributed by atoms with Crippen LogP contribution in [-0.2, 0) is 19.6 Å². The Hall–Kier alpha value is -1.95. The van der Waals surface area contributed by atoms with Crippen LogP contribution in [0.4, 0.5) is 4.79 Å². The Balaban J connectivity index is 1.43. The summed E-state index contributed by atoms with van der Waals surface area (Å²) in [5.41, 5.74) is 0.375. The molecule has 0 spiro atoms. The van der Waals surface area contributed by atoms with Gasteiger partial charge in [0, 0.05) is 31.7 Å². The van der Waals surface area contributed by atoms with Gasteiger partial charge in [0.1, 0.15) is 0 Å². The first-order valence-electron chi connectivity index (χ1n) is 9.34. The average molecular weight is 440 g/mol. The second-order valence-corrected chi connectivity index (χ2v) is 9.92. The van der Waals surface area contributed by atoms with E-state index in [1.165, 1.54) is 33.5 Å². The molecule has 0 radical (unpaired) electrons. The highest BCUT2D eigenvalue weighted by Crippen LogP contribution is 2.27. The standard InChI is InChI=1S/C18H21N3O6S2/c22-16-12-28-18(24)21(16)14-5-6-19(11-14)17(23)13-1-3-15(4-2-13)29(25,26)20-7-9-27-10-8-20/h1-4,14H,5-12H2. The van der Waals surface area contributed by atoms with Crippen LogP contribution < -0.4 is 0 Å². The summed E-state index contributed by atoms with van der Waals surface area (Å²) in [6.07, 6.45) is 0.549. The van der Waals surface area contributed by atoms with Crippen molar-refractivity contribution in [3.63, 3.8) is 0 Å². The molecule has 9 nitrogen and oxygen atoms in total. The number of thioether (sulfide) groups is 1. The summed E-state index contributed by atoms with van der Waals surface area (Å²) in [4.78, 5) is 39.6. The molecule has 156 valence electrons. The summed E-state index contributed by atoms with van der Waals surface area (Å²) >= 11 is 0.987. The zero-order chi connectivity index (χ0) is 20.6. The predicted octanol–water partition coefficient (Wildman–Crippen LogP) is 0.617.